The maximum absolute atomic E-state index is 12.4. The summed E-state index contributed by atoms with van der Waals surface area (Å²) in [5, 5.41) is 17.2. The van der Waals surface area contributed by atoms with Crippen LogP contribution >= 0.6 is 15.9 Å². The number of ether oxygens (including phenoxy) is 2. The van der Waals surface area contributed by atoms with E-state index in [4.69, 9.17) is 27.4 Å². The molecule has 2 fully saturated rings. The molecular formula is C52H57BrN12O6. The fourth-order valence-electron chi connectivity index (χ4n) is 8.79. The van der Waals surface area contributed by atoms with Gasteiger partial charge in [-0.15, -0.1) is 6.42 Å². The molecule has 0 aliphatic carbocycles. The number of benzene rings is 2. The van der Waals surface area contributed by atoms with Gasteiger partial charge in [-0.1, -0.05) is 47.1 Å². The van der Waals surface area contributed by atoms with Crippen molar-refractivity contribution in [3.8, 4) is 24.2 Å². The predicted molar refractivity (Wildman–Crippen MR) is 278 cm³/mol. The number of amides is 4. The van der Waals surface area contributed by atoms with Gasteiger partial charge in [0.1, 0.15) is 28.5 Å². The van der Waals surface area contributed by atoms with E-state index >= 15 is 0 Å². The SMILES string of the molecule is C#Cc1nn([C@H]2C[C@H](COC)N(C(=O)C=C)C2)c(NC)c1C(N)=O.C=CC(=O)N1C[C@@H](n2nc(C#Cc3ccc4cc(C)cnc4c3)c(C(N)=O)c2NC)C[C@@H]1COC.Cc1cnc2cc(Br)ccc2c1. The normalized spacial score (nSPS) is 16.9. The van der Waals surface area contributed by atoms with Gasteiger partial charge in [0.15, 0.2) is 5.69 Å². The van der Waals surface area contributed by atoms with Crippen LogP contribution in [0.5, 0.6) is 0 Å². The van der Waals surface area contributed by atoms with E-state index < -0.39 is 11.8 Å². The molecule has 2 aromatic carbocycles. The zero-order chi connectivity index (χ0) is 51.5. The van der Waals surface area contributed by atoms with Crippen molar-refractivity contribution in [3.63, 3.8) is 0 Å². The van der Waals surface area contributed by atoms with E-state index in [-0.39, 0.29) is 58.5 Å². The number of methoxy groups -OCH3 is 2. The Hall–Kier alpha value is -7.84. The van der Waals surface area contributed by atoms with Gasteiger partial charge in [-0.2, -0.15) is 10.2 Å². The second-order valence-corrected chi connectivity index (χ2v) is 17.7. The molecule has 2 saturated heterocycles. The van der Waals surface area contributed by atoms with Crippen molar-refractivity contribution in [2.24, 2.45) is 11.5 Å². The molecule has 19 heteroatoms. The van der Waals surface area contributed by atoms with E-state index in [0.29, 0.717) is 50.8 Å². The number of aryl methyl sites for hydroxylation is 2. The number of pyridine rings is 2. The highest BCUT2D eigenvalue weighted by Crippen LogP contribution is 2.34. The third kappa shape index (κ3) is 12.0. The molecule has 0 bridgehead atoms. The van der Waals surface area contributed by atoms with Gasteiger partial charge in [-0.3, -0.25) is 29.1 Å². The lowest BCUT2D eigenvalue weighted by Gasteiger charge is -2.22. The summed E-state index contributed by atoms with van der Waals surface area (Å²) in [7, 11) is 6.54. The summed E-state index contributed by atoms with van der Waals surface area (Å²) in [6, 6.07) is 15.5. The lowest BCUT2D eigenvalue weighted by atomic mass is 10.1. The third-order valence-electron chi connectivity index (χ3n) is 12.0. The van der Waals surface area contributed by atoms with Crippen molar-refractivity contribution in [1.82, 2.24) is 39.3 Å². The van der Waals surface area contributed by atoms with E-state index in [1.165, 1.54) is 23.1 Å². The van der Waals surface area contributed by atoms with Gasteiger partial charge in [0.25, 0.3) is 11.8 Å². The number of hydrogen-bond acceptors (Lipinski definition) is 12. The molecule has 6 heterocycles. The highest BCUT2D eigenvalue weighted by Gasteiger charge is 2.39. The Morgan fingerprint density at radius 1 is 0.746 bits per heavy atom. The smallest absolute Gasteiger partial charge is 0.255 e. The second kappa shape index (κ2) is 23.6. The molecular weight excluding hydrogens is 969 g/mol. The topological polar surface area (TPSA) is 231 Å². The first-order valence-electron chi connectivity index (χ1n) is 22.5. The van der Waals surface area contributed by atoms with Crippen molar-refractivity contribution in [2.75, 3.05) is 65.3 Å². The Labute approximate surface area is 420 Å². The minimum atomic E-state index is -0.649. The van der Waals surface area contributed by atoms with Crippen LogP contribution in [-0.2, 0) is 19.1 Å². The zero-order valence-electron chi connectivity index (χ0n) is 40.5. The Bertz CT molecular complexity index is 3070. The number of rotatable bonds is 12. The second-order valence-electron chi connectivity index (χ2n) is 16.8. The number of anilines is 2. The van der Waals surface area contributed by atoms with E-state index in [1.807, 2.05) is 49.6 Å². The van der Waals surface area contributed by atoms with E-state index in [1.54, 1.807) is 47.5 Å². The number of fused-ring (bicyclic) bond motifs is 2. The van der Waals surface area contributed by atoms with Crippen LogP contribution in [-0.4, -0.2) is 130 Å². The fraction of sp³-hybridized carbons (Fsp3) is 0.308. The summed E-state index contributed by atoms with van der Waals surface area (Å²) in [5.41, 5.74) is 16.9. The largest absolute Gasteiger partial charge is 0.383 e. The van der Waals surface area contributed by atoms with Crippen molar-refractivity contribution >= 4 is 73.0 Å². The molecule has 0 unspecified atom stereocenters. The van der Waals surface area contributed by atoms with Crippen molar-refractivity contribution in [3.05, 3.63) is 130 Å². The predicted octanol–water partition coefficient (Wildman–Crippen LogP) is 5.54. The maximum Gasteiger partial charge on any atom is 0.255 e. The molecule has 18 nitrogen and oxygen atoms in total. The highest BCUT2D eigenvalue weighted by atomic mass is 79.9. The number of primary amides is 2. The Morgan fingerprint density at radius 2 is 1.21 bits per heavy atom. The summed E-state index contributed by atoms with van der Waals surface area (Å²) >= 11 is 3.41. The maximum atomic E-state index is 12.4. The number of nitrogens with zero attached hydrogens (tertiary/aromatic N) is 8. The van der Waals surface area contributed by atoms with Crippen LogP contribution in [0.15, 0.2) is 90.7 Å². The van der Waals surface area contributed by atoms with Crippen molar-refractivity contribution < 1.29 is 28.7 Å². The number of carbonyl (C=O) groups excluding carboxylic acids is 4. The van der Waals surface area contributed by atoms with Gasteiger partial charge in [-0.25, -0.2) is 9.36 Å². The molecule has 8 rings (SSSR count). The highest BCUT2D eigenvalue weighted by molar-refractivity contribution is 9.10. The zero-order valence-corrected chi connectivity index (χ0v) is 42.1. The van der Waals surface area contributed by atoms with Crippen LogP contribution in [0.2, 0.25) is 0 Å². The minimum Gasteiger partial charge on any atom is -0.383 e. The average molecular weight is 1030 g/mol. The molecule has 2 aliphatic heterocycles. The first-order valence-corrected chi connectivity index (χ1v) is 23.3. The Balaban J connectivity index is 0.000000196. The van der Waals surface area contributed by atoms with Crippen LogP contribution < -0.4 is 22.1 Å². The van der Waals surface area contributed by atoms with Gasteiger partial charge in [0, 0.05) is 74.6 Å². The van der Waals surface area contributed by atoms with Gasteiger partial charge in [0.2, 0.25) is 11.8 Å². The first-order chi connectivity index (χ1) is 34.1. The molecule has 0 radical (unpaired) electrons. The minimum absolute atomic E-state index is 0.106. The van der Waals surface area contributed by atoms with Crippen LogP contribution in [0.1, 0.15) is 73.7 Å². The standard InChI is InChI=1S/C26H28N6O3.C16H21N5O3.C10H8BrN/c1-5-23(33)31-14-19(12-20(31)15-35-4)32-26(28-3)24(25(27)34)21(30-32)9-7-17-6-8-18-10-16(2)13-29-22(18)11-17;1-5-12-14(15(17)23)16(18-3)21(19-12)10-7-11(9-24-4)20(8-10)13(22)6-2;1-7-4-8-2-3-9(11)5-10(8)12-6-7/h5-6,8,10-11,13,19-20,28H,1,12,14-15H2,2-4H3,(H2,27,34);1,6,10-11,18H,2,7-9H2,3-4H3,(H2,17,23);2-6H,1H3/t19-,20+;10-,11+;/m00./s1. The number of terminal acetylenes is 1. The van der Waals surface area contributed by atoms with Crippen LogP contribution in [0.4, 0.5) is 11.6 Å². The molecule has 4 aromatic heterocycles. The number of nitrogens with one attached hydrogen (secondary N) is 2. The Kier molecular flexibility index (Phi) is 17.5. The molecule has 4 atom stereocenters. The molecule has 71 heavy (non-hydrogen) atoms. The molecule has 6 aromatic rings. The molecule has 368 valence electrons. The number of nitrogens with two attached hydrogens (primary N) is 2. The quantitative estimate of drug-likeness (QED) is 0.0875. The first kappa shape index (κ1) is 52.5. The van der Waals surface area contributed by atoms with Crippen LogP contribution in [0, 0.1) is 38.0 Å². The Morgan fingerprint density at radius 3 is 1.66 bits per heavy atom. The van der Waals surface area contributed by atoms with Crippen molar-refractivity contribution in [1.29, 1.82) is 0 Å². The molecule has 0 saturated carbocycles. The van der Waals surface area contributed by atoms with Gasteiger partial charge >= 0.3 is 0 Å². The number of likely N-dealkylation sites (tertiary alicyclic amines) is 2. The summed E-state index contributed by atoms with van der Waals surface area (Å²) in [5.74, 6) is 7.76. The number of hydrogen-bond donors (Lipinski definition) is 4. The number of halogens is 1. The summed E-state index contributed by atoms with van der Waals surface area (Å²) in [4.78, 5) is 60.7. The van der Waals surface area contributed by atoms with Crippen molar-refractivity contribution in [2.45, 2.75) is 50.9 Å². The molecule has 6 N–H and O–H groups in total. The van der Waals surface area contributed by atoms with E-state index in [2.05, 4.69) is 103 Å². The number of aromatic nitrogens is 6. The van der Waals surface area contributed by atoms with E-state index in [0.717, 1.165) is 32.0 Å². The molecule has 2 aliphatic rings. The number of carbonyl (C=O) groups is 4. The monoisotopic (exact) mass is 1020 g/mol. The molecule has 4 amide bonds. The van der Waals surface area contributed by atoms with Crippen LogP contribution in [0.25, 0.3) is 21.8 Å². The van der Waals surface area contributed by atoms with Gasteiger partial charge < -0.3 is 41.4 Å². The van der Waals surface area contributed by atoms with Gasteiger partial charge in [0.05, 0.1) is 48.4 Å². The fourth-order valence-corrected chi connectivity index (χ4v) is 9.14. The lowest BCUT2D eigenvalue weighted by Crippen LogP contribution is -2.37. The average Bonchev–Trinajstić information content (AvgIpc) is 4.16. The van der Waals surface area contributed by atoms with Crippen LogP contribution in [0.3, 0.4) is 0 Å². The van der Waals surface area contributed by atoms with E-state index in [9.17, 15) is 19.2 Å². The van der Waals surface area contributed by atoms with Gasteiger partial charge in [-0.05, 0) is 98.2 Å². The lowest BCUT2D eigenvalue weighted by molar-refractivity contribution is -0.128. The summed E-state index contributed by atoms with van der Waals surface area (Å²) < 4.78 is 14.9. The summed E-state index contributed by atoms with van der Waals surface area (Å²) in [6.45, 7) is 12.8. The molecule has 0 spiro atoms. The third-order valence-corrected chi connectivity index (χ3v) is 12.5. The summed E-state index contributed by atoms with van der Waals surface area (Å²) in [6.07, 6.45) is 12.9.